The monoisotopic (exact) mass is 685 g/mol. The topological polar surface area (TPSA) is 181 Å². The smallest absolute Gasteiger partial charge is 0.475 e. The summed E-state index contributed by atoms with van der Waals surface area (Å²) in [6.45, 7) is 3.19. The van der Waals surface area contributed by atoms with Crippen molar-refractivity contribution >= 4 is 55.6 Å². The van der Waals surface area contributed by atoms with Gasteiger partial charge >= 0.3 is 12.1 Å². The summed E-state index contributed by atoms with van der Waals surface area (Å²) >= 11 is 0. The number of aromatic nitrogens is 1. The van der Waals surface area contributed by atoms with Gasteiger partial charge in [0.2, 0.25) is 11.8 Å². The molecule has 2 amide bonds. The van der Waals surface area contributed by atoms with E-state index in [1.165, 1.54) is 6.07 Å². The Hall–Kier alpha value is -5.18. The van der Waals surface area contributed by atoms with E-state index in [-0.39, 0.29) is 23.3 Å². The Labute approximate surface area is 274 Å². The van der Waals surface area contributed by atoms with Gasteiger partial charge in [0.1, 0.15) is 11.9 Å². The van der Waals surface area contributed by atoms with Crippen LogP contribution >= 0.6 is 0 Å². The number of alkyl halides is 3. The molecule has 2 aliphatic heterocycles. The third-order valence-electron chi connectivity index (χ3n) is 7.52. The van der Waals surface area contributed by atoms with E-state index in [0.717, 1.165) is 27.6 Å². The predicted octanol–water partition coefficient (Wildman–Crippen LogP) is 5.38. The number of nitrogens with zero attached hydrogens (tertiary/aromatic N) is 1. The van der Waals surface area contributed by atoms with Crippen molar-refractivity contribution < 1.29 is 41.1 Å². The van der Waals surface area contributed by atoms with Crippen LogP contribution in [0.1, 0.15) is 49.4 Å². The van der Waals surface area contributed by atoms with E-state index in [1.54, 1.807) is 32.2 Å². The van der Waals surface area contributed by atoms with Crippen molar-refractivity contribution in [2.45, 2.75) is 62.0 Å². The summed E-state index contributed by atoms with van der Waals surface area (Å²) in [6, 6.07) is 19.1. The van der Waals surface area contributed by atoms with Gasteiger partial charge in [0.15, 0.2) is 9.84 Å². The van der Waals surface area contributed by atoms with E-state index < -0.39 is 33.3 Å². The number of nitrogens with two attached hydrogens (primary N) is 1. The van der Waals surface area contributed by atoms with Crippen molar-refractivity contribution in [1.29, 1.82) is 0 Å². The second kappa shape index (κ2) is 14.7. The number of pyridine rings is 1. The lowest BCUT2D eigenvalue weighted by Gasteiger charge is -2.22. The van der Waals surface area contributed by atoms with Crippen molar-refractivity contribution in [3.63, 3.8) is 0 Å². The summed E-state index contributed by atoms with van der Waals surface area (Å²) < 4.78 is 58.0. The fraction of sp³-hybridized carbons (Fsp3) is 0.273. The number of halogens is 3. The van der Waals surface area contributed by atoms with E-state index in [2.05, 4.69) is 20.9 Å². The number of amides is 2. The zero-order valence-electron chi connectivity index (χ0n) is 26.0. The fourth-order valence-corrected chi connectivity index (χ4v) is 6.18. The molecule has 6 rings (SSSR count). The number of fused-ring (bicyclic) bond motifs is 10. The summed E-state index contributed by atoms with van der Waals surface area (Å²) in [7, 11) is -3.64. The Kier molecular flexibility index (Phi) is 10.9. The molecule has 48 heavy (non-hydrogen) atoms. The molecule has 4 aromatic rings. The summed E-state index contributed by atoms with van der Waals surface area (Å²) in [5, 5.41) is 17.3. The van der Waals surface area contributed by atoms with Gasteiger partial charge in [-0.1, -0.05) is 24.3 Å². The van der Waals surface area contributed by atoms with Crippen LogP contribution in [0.5, 0.6) is 0 Å². The second-order valence-electron chi connectivity index (χ2n) is 11.3. The molecule has 2 aliphatic rings. The van der Waals surface area contributed by atoms with Gasteiger partial charge in [0.25, 0.3) is 0 Å². The van der Waals surface area contributed by atoms with Crippen LogP contribution in [0.25, 0.3) is 10.8 Å². The lowest BCUT2D eigenvalue weighted by molar-refractivity contribution is -0.192. The van der Waals surface area contributed by atoms with Gasteiger partial charge in [-0.15, -0.1) is 0 Å². The minimum atomic E-state index is -5.08. The molecule has 254 valence electrons. The number of nitrogen functional groups attached to an aromatic ring is 1. The summed E-state index contributed by atoms with van der Waals surface area (Å²) in [5.74, 6) is -2.81. The second-order valence-corrected chi connectivity index (χ2v) is 13.8. The number of sulfone groups is 1. The third kappa shape index (κ3) is 8.79. The molecule has 3 aromatic carbocycles. The Balaban J connectivity index is 0.000000671. The fourth-order valence-electron chi connectivity index (χ4n) is 4.92. The number of aryl methyl sites for hydroxylation is 1. The predicted molar refractivity (Wildman–Crippen MR) is 175 cm³/mol. The number of carboxylic acids is 1. The van der Waals surface area contributed by atoms with Gasteiger partial charge in [-0.3, -0.25) is 9.59 Å². The van der Waals surface area contributed by atoms with Gasteiger partial charge in [-0.25, -0.2) is 18.2 Å². The molecule has 1 unspecified atom stereocenters. The molecule has 6 N–H and O–H groups in total. The molecule has 3 heterocycles. The molecule has 0 saturated heterocycles. The molecule has 1 atom stereocenters. The number of carbonyl (C=O) groups is 3. The average molecular weight is 686 g/mol. The summed E-state index contributed by atoms with van der Waals surface area (Å²) in [6.07, 6.45) is -1.77. The lowest BCUT2D eigenvalue weighted by Crippen LogP contribution is -2.33. The number of carbonyl (C=O) groups excluding carboxylic acids is 2. The van der Waals surface area contributed by atoms with E-state index >= 15 is 0 Å². The highest BCUT2D eigenvalue weighted by Gasteiger charge is 2.38. The maximum absolute atomic E-state index is 13.7. The number of hydrogen-bond acceptors (Lipinski definition) is 8. The van der Waals surface area contributed by atoms with E-state index in [9.17, 15) is 31.2 Å². The Morgan fingerprint density at radius 2 is 1.71 bits per heavy atom. The van der Waals surface area contributed by atoms with Crippen LogP contribution in [0.2, 0.25) is 0 Å². The van der Waals surface area contributed by atoms with Crippen LogP contribution in [0.4, 0.5) is 30.4 Å². The molecule has 11 nitrogen and oxygen atoms in total. The van der Waals surface area contributed by atoms with Crippen molar-refractivity contribution in [2.24, 2.45) is 0 Å². The molecule has 0 radical (unpaired) electrons. The molecular formula is C33H34F3N5O6S. The molecule has 15 heteroatoms. The first kappa shape index (κ1) is 35.7. The number of aliphatic carboxylic acids is 1. The van der Waals surface area contributed by atoms with Crippen LogP contribution in [0.15, 0.2) is 77.8 Å². The minimum Gasteiger partial charge on any atom is -0.475 e. The number of nitrogens with one attached hydrogen (secondary N) is 3. The first-order valence-electron chi connectivity index (χ1n) is 14.8. The van der Waals surface area contributed by atoms with Crippen LogP contribution in [-0.4, -0.2) is 47.7 Å². The number of hydrogen-bond donors (Lipinski definition) is 5. The number of anilines is 3. The maximum Gasteiger partial charge on any atom is 0.490 e. The Morgan fingerprint density at radius 3 is 2.35 bits per heavy atom. The summed E-state index contributed by atoms with van der Waals surface area (Å²) in [4.78, 5) is 39.5. The van der Waals surface area contributed by atoms with Gasteiger partial charge in [-0.05, 0) is 91.2 Å². The minimum absolute atomic E-state index is 0.0417. The number of rotatable bonds is 4. The van der Waals surface area contributed by atoms with Gasteiger partial charge in [0, 0.05) is 35.9 Å². The van der Waals surface area contributed by atoms with Crippen molar-refractivity contribution in [1.82, 2.24) is 10.3 Å². The van der Waals surface area contributed by atoms with Crippen LogP contribution in [0, 0.1) is 0 Å². The first-order valence-corrected chi connectivity index (χ1v) is 16.3. The van der Waals surface area contributed by atoms with Crippen LogP contribution < -0.4 is 21.7 Å². The van der Waals surface area contributed by atoms with Crippen LogP contribution in [-0.2, 0) is 37.2 Å². The molecule has 0 fully saturated rings. The van der Waals surface area contributed by atoms with E-state index in [0.29, 0.717) is 36.3 Å². The molecular weight excluding hydrogens is 651 g/mol. The molecule has 1 aromatic heterocycles. The highest BCUT2D eigenvalue weighted by atomic mass is 32.2. The zero-order chi connectivity index (χ0) is 35.2. The van der Waals surface area contributed by atoms with Gasteiger partial charge in [-0.2, -0.15) is 13.2 Å². The largest absolute Gasteiger partial charge is 0.490 e. The van der Waals surface area contributed by atoms with Crippen LogP contribution in [0.3, 0.4) is 0 Å². The van der Waals surface area contributed by atoms with Gasteiger partial charge in [0.05, 0.1) is 10.1 Å². The first-order chi connectivity index (χ1) is 22.6. The third-order valence-corrected chi connectivity index (χ3v) is 9.77. The maximum atomic E-state index is 13.7. The SMILES string of the molecule is CC(C)S(=O)(=O)c1ccc2cc1CNC(=O)C(Nc1ccc3c(N)nccc3c1)c1ccc(cc1)CCCC(=O)N2.O=C(O)C(F)(F)F. The molecule has 0 spiro atoms. The van der Waals surface area contributed by atoms with E-state index in [4.69, 9.17) is 15.6 Å². The molecule has 0 saturated carbocycles. The van der Waals surface area contributed by atoms with Gasteiger partial charge < -0.3 is 26.8 Å². The highest BCUT2D eigenvalue weighted by Crippen LogP contribution is 2.28. The molecule has 4 bridgehead atoms. The lowest BCUT2D eigenvalue weighted by atomic mass is 10.0. The zero-order valence-corrected chi connectivity index (χ0v) is 26.8. The van der Waals surface area contributed by atoms with Crippen molar-refractivity contribution in [3.8, 4) is 0 Å². The standard InChI is InChI=1S/C31H33N5O4S.C2HF3O2/c1-19(2)41(39,40)27-13-11-24-17-23(27)18-34-31(38)29(21-8-6-20(7-9-21)4-3-5-28(37)35-24)36-25-10-12-26-22(16-25)14-15-33-30(26)32;3-2(4,5)1(6)7/h6-17,19,29,36H,3-5,18H2,1-2H3,(H2,32,33)(H,34,38)(H,35,37);(H,6,7). The van der Waals surface area contributed by atoms with Crippen molar-refractivity contribution in [3.05, 3.63) is 89.6 Å². The number of benzene rings is 3. The average Bonchev–Trinajstić information content (AvgIpc) is 3.02. The quantitative estimate of drug-likeness (QED) is 0.189. The normalized spacial score (nSPS) is 15.7. The highest BCUT2D eigenvalue weighted by molar-refractivity contribution is 7.92. The Morgan fingerprint density at radius 1 is 1.02 bits per heavy atom. The Bertz CT molecular complexity index is 1930. The number of carboxylic acid groups (broad SMARTS) is 1. The van der Waals surface area contributed by atoms with Crippen molar-refractivity contribution in [2.75, 3.05) is 16.4 Å². The molecule has 0 aliphatic carbocycles. The summed E-state index contributed by atoms with van der Waals surface area (Å²) in [5.41, 5.74) is 9.42. The van der Waals surface area contributed by atoms with E-state index in [1.807, 2.05) is 48.5 Å².